The van der Waals surface area contributed by atoms with Crippen LogP contribution in [-0.2, 0) is 29.4 Å². The van der Waals surface area contributed by atoms with Crippen LogP contribution in [0.2, 0.25) is 0 Å². The number of phosphoric acid groups is 1. The minimum Gasteiger partial charge on any atom is -0.376 e. The Hall–Kier alpha value is -1.32. The third-order valence-electron chi connectivity index (χ3n) is 3.72. The number of halogens is 1. The molecular formula is C14H22FN2O7P. The first kappa shape index (κ1) is 20.0. The van der Waals surface area contributed by atoms with Crippen LogP contribution in [0, 0.1) is 5.82 Å². The van der Waals surface area contributed by atoms with Crippen molar-refractivity contribution in [1.82, 2.24) is 9.55 Å². The molecule has 142 valence electrons. The molecule has 2 heterocycles. The monoisotopic (exact) mass is 380 g/mol. The first-order chi connectivity index (χ1) is 11.9. The molecule has 1 saturated heterocycles. The zero-order valence-electron chi connectivity index (χ0n) is 14.1. The number of H-pyrrole nitrogens is 1. The SMILES string of the molecule is CCCCCOP1(=O)OC[C@@H](OC)[C@H](Cn2cc(F)c(=O)[nH]c2=O)O1. The molecule has 0 spiro atoms. The average Bonchev–Trinajstić information content (AvgIpc) is 2.57. The van der Waals surface area contributed by atoms with Crippen LogP contribution in [0.4, 0.5) is 4.39 Å². The predicted molar refractivity (Wildman–Crippen MR) is 86.0 cm³/mol. The molecule has 25 heavy (non-hydrogen) atoms. The van der Waals surface area contributed by atoms with Crippen LogP contribution in [0.1, 0.15) is 26.2 Å². The van der Waals surface area contributed by atoms with Crippen LogP contribution in [0.5, 0.6) is 0 Å². The molecule has 1 aromatic heterocycles. The van der Waals surface area contributed by atoms with Gasteiger partial charge >= 0.3 is 13.5 Å². The van der Waals surface area contributed by atoms with Gasteiger partial charge in [0.2, 0.25) is 5.82 Å². The van der Waals surface area contributed by atoms with E-state index in [-0.39, 0.29) is 19.8 Å². The largest absolute Gasteiger partial charge is 0.475 e. The van der Waals surface area contributed by atoms with Gasteiger partial charge in [0.1, 0.15) is 12.2 Å². The van der Waals surface area contributed by atoms with Crippen molar-refractivity contribution in [2.45, 2.75) is 44.9 Å². The Morgan fingerprint density at radius 1 is 1.44 bits per heavy atom. The maximum atomic E-state index is 13.4. The second kappa shape index (κ2) is 8.86. The minimum absolute atomic E-state index is 0.0627. The number of phosphoric ester groups is 1. The second-order valence-corrected chi connectivity index (χ2v) is 7.21. The minimum atomic E-state index is -3.79. The Labute approximate surface area is 143 Å². The molecule has 2 rings (SSSR count). The van der Waals surface area contributed by atoms with Crippen LogP contribution < -0.4 is 11.2 Å². The normalized spacial score (nSPS) is 26.7. The van der Waals surface area contributed by atoms with Crippen molar-refractivity contribution in [2.75, 3.05) is 20.3 Å². The number of aromatic amines is 1. The molecule has 0 saturated carbocycles. The molecule has 3 atom stereocenters. The number of unbranched alkanes of at least 4 members (excludes halogenated alkanes) is 2. The van der Waals surface area contributed by atoms with Crippen molar-refractivity contribution in [3.63, 3.8) is 0 Å². The Kier molecular flexibility index (Phi) is 7.09. The molecule has 1 unspecified atom stereocenters. The molecule has 1 fully saturated rings. The summed E-state index contributed by atoms with van der Waals surface area (Å²) in [6.45, 7) is 1.99. The number of nitrogens with zero attached hydrogens (tertiary/aromatic N) is 1. The van der Waals surface area contributed by atoms with E-state index in [1.54, 1.807) is 0 Å². The first-order valence-corrected chi connectivity index (χ1v) is 9.44. The van der Waals surface area contributed by atoms with Crippen molar-refractivity contribution in [3.8, 4) is 0 Å². The molecule has 9 nitrogen and oxygen atoms in total. The van der Waals surface area contributed by atoms with Gasteiger partial charge in [-0.2, -0.15) is 4.39 Å². The maximum Gasteiger partial charge on any atom is 0.475 e. The Bertz CT molecular complexity index is 735. The van der Waals surface area contributed by atoms with Gasteiger partial charge in [0.25, 0.3) is 5.56 Å². The smallest absolute Gasteiger partial charge is 0.376 e. The molecule has 0 aliphatic carbocycles. The summed E-state index contributed by atoms with van der Waals surface area (Å²) in [5.41, 5.74) is -1.92. The summed E-state index contributed by atoms with van der Waals surface area (Å²) in [6, 6.07) is 0. The zero-order valence-corrected chi connectivity index (χ0v) is 15.0. The van der Waals surface area contributed by atoms with E-state index in [4.69, 9.17) is 18.3 Å². The quantitative estimate of drug-likeness (QED) is 0.537. The van der Waals surface area contributed by atoms with E-state index < -0.39 is 37.1 Å². The topological polar surface area (TPSA) is 109 Å². The number of ether oxygens (including phenoxy) is 1. The van der Waals surface area contributed by atoms with Crippen LogP contribution >= 0.6 is 7.82 Å². The fourth-order valence-electron chi connectivity index (χ4n) is 2.32. The Morgan fingerprint density at radius 2 is 2.20 bits per heavy atom. The van der Waals surface area contributed by atoms with Gasteiger partial charge in [-0.3, -0.25) is 27.9 Å². The molecule has 0 radical (unpaired) electrons. The van der Waals surface area contributed by atoms with Gasteiger partial charge in [0.15, 0.2) is 0 Å². The van der Waals surface area contributed by atoms with Crippen LogP contribution in [0.3, 0.4) is 0 Å². The molecule has 1 aliphatic rings. The summed E-state index contributed by atoms with van der Waals surface area (Å²) in [4.78, 5) is 24.7. The maximum absolute atomic E-state index is 13.4. The standard InChI is InChI=1S/C14H22FN2O7P/c1-3-4-5-6-22-25(20)23-9-12(21-2)11(24-25)8-17-7-10(15)13(18)16-14(17)19/h7,11-12H,3-6,8-9H2,1-2H3,(H,16,18,19)/t11-,12+,25?/m0/s1. The third-order valence-corrected chi connectivity index (χ3v) is 5.21. The molecule has 0 bridgehead atoms. The molecule has 1 aliphatic heterocycles. The van der Waals surface area contributed by atoms with Gasteiger partial charge in [0, 0.05) is 7.11 Å². The van der Waals surface area contributed by atoms with Gasteiger partial charge in [-0.25, -0.2) is 9.36 Å². The van der Waals surface area contributed by atoms with E-state index in [0.717, 1.165) is 23.6 Å². The zero-order chi connectivity index (χ0) is 18.4. The molecule has 0 aromatic carbocycles. The van der Waals surface area contributed by atoms with Crippen LogP contribution in [0.25, 0.3) is 0 Å². The van der Waals surface area contributed by atoms with Gasteiger partial charge in [-0.05, 0) is 6.42 Å². The lowest BCUT2D eigenvalue weighted by molar-refractivity contribution is -0.0856. The van der Waals surface area contributed by atoms with Gasteiger partial charge in [0.05, 0.1) is 26.0 Å². The number of rotatable bonds is 8. The van der Waals surface area contributed by atoms with Crippen molar-refractivity contribution >= 4 is 7.82 Å². The van der Waals surface area contributed by atoms with E-state index in [1.165, 1.54) is 7.11 Å². The van der Waals surface area contributed by atoms with E-state index in [2.05, 4.69) is 0 Å². The molecule has 0 amide bonds. The van der Waals surface area contributed by atoms with Crippen molar-refractivity contribution in [3.05, 3.63) is 32.9 Å². The Balaban J connectivity index is 2.11. The van der Waals surface area contributed by atoms with Gasteiger partial charge in [-0.15, -0.1) is 0 Å². The number of methoxy groups -OCH3 is 1. The Morgan fingerprint density at radius 3 is 2.88 bits per heavy atom. The van der Waals surface area contributed by atoms with Crippen molar-refractivity contribution in [2.24, 2.45) is 0 Å². The summed E-state index contributed by atoms with van der Waals surface area (Å²) in [5.74, 6) is -1.11. The number of aromatic nitrogens is 2. The molecule has 1 aromatic rings. The van der Waals surface area contributed by atoms with E-state index in [1.807, 2.05) is 11.9 Å². The fraction of sp³-hybridized carbons (Fsp3) is 0.714. The first-order valence-electron chi connectivity index (χ1n) is 7.98. The summed E-state index contributed by atoms with van der Waals surface area (Å²) in [5, 5.41) is 0. The molecule has 1 N–H and O–H groups in total. The van der Waals surface area contributed by atoms with Crippen LogP contribution in [0.15, 0.2) is 15.8 Å². The van der Waals surface area contributed by atoms with E-state index in [9.17, 15) is 18.5 Å². The van der Waals surface area contributed by atoms with Crippen LogP contribution in [-0.4, -0.2) is 42.1 Å². The van der Waals surface area contributed by atoms with Crippen molar-refractivity contribution < 1.29 is 27.3 Å². The lowest BCUT2D eigenvalue weighted by Gasteiger charge is -2.34. The highest BCUT2D eigenvalue weighted by Gasteiger charge is 2.41. The predicted octanol–water partition coefficient (Wildman–Crippen LogP) is 1.42. The third kappa shape index (κ3) is 5.32. The lowest BCUT2D eigenvalue weighted by Crippen LogP contribution is -2.44. The molecular weight excluding hydrogens is 358 g/mol. The summed E-state index contributed by atoms with van der Waals surface area (Å²) < 4.78 is 47.8. The van der Waals surface area contributed by atoms with Gasteiger partial charge < -0.3 is 4.74 Å². The number of hydrogen-bond donors (Lipinski definition) is 1. The highest BCUT2D eigenvalue weighted by molar-refractivity contribution is 7.48. The summed E-state index contributed by atoms with van der Waals surface area (Å²) in [7, 11) is -2.39. The second-order valence-electron chi connectivity index (χ2n) is 5.59. The highest BCUT2D eigenvalue weighted by atomic mass is 31.2. The number of hydrogen-bond acceptors (Lipinski definition) is 7. The van der Waals surface area contributed by atoms with E-state index in [0.29, 0.717) is 6.42 Å². The lowest BCUT2D eigenvalue weighted by atomic mass is 10.2. The summed E-state index contributed by atoms with van der Waals surface area (Å²) in [6.07, 6.45) is 1.85. The van der Waals surface area contributed by atoms with Gasteiger partial charge in [-0.1, -0.05) is 19.8 Å². The summed E-state index contributed by atoms with van der Waals surface area (Å²) >= 11 is 0. The van der Waals surface area contributed by atoms with Crippen molar-refractivity contribution in [1.29, 1.82) is 0 Å². The molecule has 11 heteroatoms. The average molecular weight is 380 g/mol. The van der Waals surface area contributed by atoms with E-state index >= 15 is 0 Å². The highest BCUT2D eigenvalue weighted by Crippen LogP contribution is 2.54. The number of nitrogens with one attached hydrogen (secondary N) is 1. The fourth-order valence-corrected chi connectivity index (χ4v) is 3.73.